The maximum Gasteiger partial charge on any atom is 0.337 e. The third-order valence-corrected chi connectivity index (χ3v) is 4.48. The Hall–Kier alpha value is -2.41. The van der Waals surface area contributed by atoms with Crippen molar-refractivity contribution in [2.24, 2.45) is 0 Å². The molecule has 0 spiro atoms. The smallest absolute Gasteiger partial charge is 0.337 e. The third kappa shape index (κ3) is 5.29. The molecular weight excluding hydrogens is 352 g/mol. The van der Waals surface area contributed by atoms with Crippen molar-refractivity contribution in [1.82, 2.24) is 9.97 Å². The normalized spacial score (nSPS) is 10.5. The largest absolute Gasteiger partial charge is 0.465 e. The van der Waals surface area contributed by atoms with Crippen molar-refractivity contribution < 1.29 is 19.1 Å². The van der Waals surface area contributed by atoms with Gasteiger partial charge in [0, 0.05) is 17.8 Å². The van der Waals surface area contributed by atoms with Crippen molar-refractivity contribution in [2.75, 3.05) is 13.4 Å². The van der Waals surface area contributed by atoms with Crippen LogP contribution >= 0.6 is 11.8 Å². The van der Waals surface area contributed by atoms with E-state index in [9.17, 15) is 9.59 Å². The molecule has 1 aromatic carbocycles. The molecule has 0 aliphatic carbocycles. The van der Waals surface area contributed by atoms with Crippen LogP contribution in [0.5, 0.6) is 0 Å². The summed E-state index contributed by atoms with van der Waals surface area (Å²) in [5.74, 6) is -0.677. The average Bonchev–Trinajstić information content (AvgIpc) is 2.65. The molecule has 138 valence electrons. The van der Waals surface area contributed by atoms with Gasteiger partial charge in [-0.05, 0) is 49.8 Å². The van der Waals surface area contributed by atoms with E-state index in [0.29, 0.717) is 12.0 Å². The summed E-state index contributed by atoms with van der Waals surface area (Å²) >= 11 is 1.50. The van der Waals surface area contributed by atoms with Crippen LogP contribution in [-0.4, -0.2) is 35.3 Å². The van der Waals surface area contributed by atoms with E-state index in [1.165, 1.54) is 18.9 Å². The van der Waals surface area contributed by atoms with E-state index in [-0.39, 0.29) is 19.0 Å². The monoisotopic (exact) mass is 374 g/mol. The number of esters is 2. The van der Waals surface area contributed by atoms with E-state index in [1.54, 1.807) is 24.3 Å². The second kappa shape index (κ2) is 9.33. The fourth-order valence-corrected chi connectivity index (χ4v) is 2.94. The van der Waals surface area contributed by atoms with E-state index < -0.39 is 5.97 Å². The van der Waals surface area contributed by atoms with Crippen LogP contribution in [0.1, 0.15) is 39.3 Å². The van der Waals surface area contributed by atoms with E-state index in [4.69, 9.17) is 4.74 Å². The van der Waals surface area contributed by atoms with Crippen LogP contribution in [0.25, 0.3) is 0 Å². The number of rotatable bonds is 7. The number of methoxy groups -OCH3 is 1. The summed E-state index contributed by atoms with van der Waals surface area (Å²) in [4.78, 5) is 32.2. The molecule has 0 aliphatic rings. The van der Waals surface area contributed by atoms with Gasteiger partial charge in [0.25, 0.3) is 0 Å². The second-order valence-electron chi connectivity index (χ2n) is 5.71. The van der Waals surface area contributed by atoms with Crippen LogP contribution in [0.4, 0.5) is 0 Å². The minimum atomic E-state index is -0.394. The summed E-state index contributed by atoms with van der Waals surface area (Å²) in [6, 6.07) is 6.77. The van der Waals surface area contributed by atoms with Gasteiger partial charge in [-0.1, -0.05) is 23.9 Å². The molecule has 0 fully saturated rings. The Morgan fingerprint density at radius 2 is 1.69 bits per heavy atom. The maximum atomic E-state index is 12.0. The molecule has 26 heavy (non-hydrogen) atoms. The molecular formula is C19H22N2O4S. The highest BCUT2D eigenvalue weighted by atomic mass is 32.2. The fraction of sp³-hybridized carbons (Fsp3) is 0.368. The van der Waals surface area contributed by atoms with Crippen molar-refractivity contribution >= 4 is 23.7 Å². The lowest BCUT2D eigenvalue weighted by molar-refractivity contribution is -0.144. The molecule has 0 saturated carbocycles. The summed E-state index contributed by atoms with van der Waals surface area (Å²) in [6.45, 7) is 4.02. The highest BCUT2D eigenvalue weighted by Gasteiger charge is 2.12. The van der Waals surface area contributed by atoms with Gasteiger partial charge in [-0.3, -0.25) is 4.79 Å². The number of aryl methyl sites for hydroxylation is 2. The summed E-state index contributed by atoms with van der Waals surface area (Å²) in [6.07, 6.45) is 2.75. The first kappa shape index (κ1) is 19.9. The van der Waals surface area contributed by atoms with Gasteiger partial charge in [-0.25, -0.2) is 14.8 Å². The first-order valence-electron chi connectivity index (χ1n) is 8.15. The van der Waals surface area contributed by atoms with Crippen molar-refractivity contribution in [1.29, 1.82) is 0 Å². The van der Waals surface area contributed by atoms with Gasteiger partial charge in [-0.2, -0.15) is 0 Å². The summed E-state index contributed by atoms with van der Waals surface area (Å²) in [5, 5.41) is 0.738. The predicted octanol–water partition coefficient (Wildman–Crippen LogP) is 3.28. The molecule has 6 nitrogen and oxygen atoms in total. The Balaban J connectivity index is 1.87. The van der Waals surface area contributed by atoms with Crippen LogP contribution in [0, 0.1) is 13.8 Å². The summed E-state index contributed by atoms with van der Waals surface area (Å²) in [7, 11) is 1.33. The first-order chi connectivity index (χ1) is 12.4. The lowest BCUT2D eigenvalue weighted by Crippen LogP contribution is -2.09. The van der Waals surface area contributed by atoms with Crippen LogP contribution in [0.3, 0.4) is 0 Å². The van der Waals surface area contributed by atoms with Crippen LogP contribution in [0.15, 0.2) is 29.4 Å². The number of aromatic nitrogens is 2. The van der Waals surface area contributed by atoms with Crippen LogP contribution < -0.4 is 0 Å². The highest BCUT2D eigenvalue weighted by Crippen LogP contribution is 2.17. The number of carbonyl (C=O) groups excluding carboxylic acids is 2. The molecule has 0 saturated heterocycles. The van der Waals surface area contributed by atoms with Gasteiger partial charge in [0.05, 0.1) is 12.7 Å². The molecule has 1 aromatic heterocycles. The second-order valence-corrected chi connectivity index (χ2v) is 6.48. The number of thioether (sulfide) groups is 1. The molecule has 2 aromatic rings. The molecule has 0 bridgehead atoms. The highest BCUT2D eigenvalue weighted by molar-refractivity contribution is 7.98. The Morgan fingerprint density at radius 3 is 2.23 bits per heavy atom. The summed E-state index contributed by atoms with van der Waals surface area (Å²) in [5.41, 5.74) is 4.05. The number of hydrogen-bond donors (Lipinski definition) is 0. The molecule has 0 radical (unpaired) electrons. The van der Waals surface area contributed by atoms with Crippen molar-refractivity contribution in [3.63, 3.8) is 0 Å². The number of hydrogen-bond acceptors (Lipinski definition) is 7. The van der Waals surface area contributed by atoms with Gasteiger partial charge in [0.1, 0.15) is 6.61 Å². The number of carbonyl (C=O) groups is 2. The van der Waals surface area contributed by atoms with Crippen molar-refractivity contribution in [3.8, 4) is 0 Å². The van der Waals surface area contributed by atoms with Gasteiger partial charge in [-0.15, -0.1) is 0 Å². The fourth-order valence-electron chi connectivity index (χ4n) is 2.48. The zero-order chi connectivity index (χ0) is 19.1. The third-order valence-electron chi connectivity index (χ3n) is 3.94. The van der Waals surface area contributed by atoms with E-state index in [0.717, 1.165) is 27.7 Å². The molecule has 7 heteroatoms. The van der Waals surface area contributed by atoms with Crippen molar-refractivity contribution in [2.45, 2.75) is 38.5 Å². The first-order valence-corrected chi connectivity index (χ1v) is 9.38. The van der Waals surface area contributed by atoms with Gasteiger partial charge in [0.15, 0.2) is 5.16 Å². The van der Waals surface area contributed by atoms with E-state index in [1.807, 2.05) is 20.1 Å². The van der Waals surface area contributed by atoms with Crippen molar-refractivity contribution in [3.05, 3.63) is 52.3 Å². The van der Waals surface area contributed by atoms with Crippen LogP contribution in [0.2, 0.25) is 0 Å². The SMILES string of the molecule is COC(=O)c1ccc(COC(=O)CCc2c(C)nc(SC)nc2C)cc1. The molecule has 0 unspecified atom stereocenters. The van der Waals surface area contributed by atoms with E-state index >= 15 is 0 Å². The van der Waals surface area contributed by atoms with E-state index in [2.05, 4.69) is 14.7 Å². The van der Waals surface area contributed by atoms with Gasteiger partial charge >= 0.3 is 11.9 Å². The quantitative estimate of drug-likeness (QED) is 0.418. The Morgan fingerprint density at radius 1 is 1.08 bits per heavy atom. The molecule has 2 rings (SSSR count). The number of ether oxygens (including phenoxy) is 2. The topological polar surface area (TPSA) is 78.4 Å². The minimum absolute atomic E-state index is 0.167. The standard InChI is InChI=1S/C19H22N2O4S/c1-12-16(13(2)21-19(20-12)26-4)9-10-17(22)25-11-14-5-7-15(8-6-14)18(23)24-3/h5-8H,9-11H2,1-4H3. The Labute approximate surface area is 157 Å². The van der Waals surface area contributed by atoms with Gasteiger partial charge < -0.3 is 9.47 Å². The molecule has 0 N–H and O–H groups in total. The lowest BCUT2D eigenvalue weighted by Gasteiger charge is -2.10. The Bertz CT molecular complexity index is 768. The minimum Gasteiger partial charge on any atom is -0.465 e. The number of benzene rings is 1. The molecule has 0 aliphatic heterocycles. The number of nitrogens with zero attached hydrogens (tertiary/aromatic N) is 2. The molecule has 1 heterocycles. The van der Waals surface area contributed by atoms with Crippen LogP contribution in [-0.2, 0) is 27.3 Å². The zero-order valence-corrected chi connectivity index (χ0v) is 16.2. The lowest BCUT2D eigenvalue weighted by atomic mass is 10.1. The molecule has 0 amide bonds. The predicted molar refractivity (Wildman–Crippen MR) is 99.2 cm³/mol. The Kier molecular flexibility index (Phi) is 7.15. The average molecular weight is 374 g/mol. The summed E-state index contributed by atoms with van der Waals surface area (Å²) < 4.78 is 9.95. The zero-order valence-electron chi connectivity index (χ0n) is 15.4. The maximum absolute atomic E-state index is 12.0. The van der Waals surface area contributed by atoms with Gasteiger partial charge in [0.2, 0.25) is 0 Å². The molecule has 0 atom stereocenters.